The van der Waals surface area contributed by atoms with E-state index in [0.717, 1.165) is 24.8 Å². The number of rotatable bonds is 6. The summed E-state index contributed by atoms with van der Waals surface area (Å²) in [6, 6.07) is 9.41. The third kappa shape index (κ3) is 5.04. The molecule has 0 radical (unpaired) electrons. The fourth-order valence-corrected chi connectivity index (χ4v) is 3.52. The number of carbonyl (C=O) groups is 1. The van der Waals surface area contributed by atoms with Crippen LogP contribution >= 0.6 is 0 Å². The number of aromatic nitrogens is 3. The highest BCUT2D eigenvalue weighted by molar-refractivity contribution is 5.92. The summed E-state index contributed by atoms with van der Waals surface area (Å²) in [6.07, 6.45) is 3.06. The first kappa shape index (κ1) is 20.9. The van der Waals surface area contributed by atoms with Gasteiger partial charge in [0.05, 0.1) is 12.0 Å². The molecule has 1 fully saturated rings. The molecule has 2 aromatic heterocycles. The van der Waals surface area contributed by atoms with E-state index in [0.29, 0.717) is 23.5 Å². The van der Waals surface area contributed by atoms with Gasteiger partial charge in [0.1, 0.15) is 11.4 Å². The first-order valence-electron chi connectivity index (χ1n) is 9.88. The van der Waals surface area contributed by atoms with Crippen LogP contribution in [-0.4, -0.2) is 37.7 Å². The van der Waals surface area contributed by atoms with Gasteiger partial charge in [-0.25, -0.2) is 4.98 Å². The molecule has 162 valence electrons. The zero-order valence-corrected chi connectivity index (χ0v) is 16.8. The molecule has 0 atom stereocenters. The molecule has 1 saturated carbocycles. The van der Waals surface area contributed by atoms with Crippen LogP contribution in [0.2, 0.25) is 0 Å². The van der Waals surface area contributed by atoms with Crippen molar-refractivity contribution in [1.82, 2.24) is 19.4 Å². The van der Waals surface area contributed by atoms with Crippen LogP contribution in [0, 0.1) is 0 Å². The third-order valence-electron chi connectivity index (χ3n) is 5.24. The van der Waals surface area contributed by atoms with Crippen molar-refractivity contribution in [3.05, 3.63) is 66.4 Å². The largest absolute Gasteiger partial charge is 0.573 e. The average molecular weight is 430 g/mol. The van der Waals surface area contributed by atoms with E-state index in [9.17, 15) is 18.0 Å². The molecule has 31 heavy (non-hydrogen) atoms. The number of alkyl halides is 3. The van der Waals surface area contributed by atoms with E-state index in [4.69, 9.17) is 0 Å². The number of pyridine rings is 1. The normalized spacial score (nSPS) is 14.2. The monoisotopic (exact) mass is 430 g/mol. The molecule has 1 aromatic carbocycles. The Morgan fingerprint density at radius 2 is 2.03 bits per heavy atom. The maximum Gasteiger partial charge on any atom is 0.573 e. The summed E-state index contributed by atoms with van der Waals surface area (Å²) < 4.78 is 43.3. The lowest BCUT2D eigenvalue weighted by Crippen LogP contribution is -2.43. The van der Waals surface area contributed by atoms with Crippen LogP contribution in [0.15, 0.2) is 55.1 Å². The Bertz CT molecular complexity index is 1080. The molecule has 0 bridgehead atoms. The van der Waals surface area contributed by atoms with E-state index in [-0.39, 0.29) is 17.7 Å². The molecule has 1 aliphatic rings. The van der Waals surface area contributed by atoms with Gasteiger partial charge in [-0.05, 0) is 49.1 Å². The highest BCUT2D eigenvalue weighted by Crippen LogP contribution is 2.30. The van der Waals surface area contributed by atoms with Crippen LogP contribution in [0.25, 0.3) is 11.3 Å². The van der Waals surface area contributed by atoms with Gasteiger partial charge in [-0.1, -0.05) is 12.1 Å². The molecule has 3 aromatic rings. The number of hydrogen-bond acceptors (Lipinski definition) is 4. The van der Waals surface area contributed by atoms with Crippen molar-refractivity contribution in [1.29, 1.82) is 0 Å². The average Bonchev–Trinajstić information content (AvgIpc) is 3.11. The molecule has 0 N–H and O–H groups in total. The summed E-state index contributed by atoms with van der Waals surface area (Å²) in [5.41, 5.74) is 2.22. The molecule has 6 nitrogen and oxygen atoms in total. The summed E-state index contributed by atoms with van der Waals surface area (Å²) in [4.78, 5) is 23.3. The van der Waals surface area contributed by atoms with Crippen LogP contribution in [0.4, 0.5) is 13.2 Å². The van der Waals surface area contributed by atoms with Gasteiger partial charge < -0.3 is 14.2 Å². The maximum atomic E-state index is 13.0. The second kappa shape index (κ2) is 8.41. The third-order valence-corrected chi connectivity index (χ3v) is 5.24. The molecule has 0 spiro atoms. The fraction of sp³-hybridized carbons (Fsp3) is 0.318. The lowest BCUT2D eigenvalue weighted by atomic mass is 9.90. The van der Waals surface area contributed by atoms with Gasteiger partial charge in [-0.15, -0.1) is 13.2 Å². The molecule has 1 aliphatic carbocycles. The number of nitrogens with zero attached hydrogens (tertiary/aromatic N) is 4. The number of benzene rings is 1. The van der Waals surface area contributed by atoms with Crippen LogP contribution < -0.4 is 4.74 Å². The number of aryl methyl sites for hydroxylation is 1. The van der Waals surface area contributed by atoms with Gasteiger partial charge in [0.15, 0.2) is 0 Å². The van der Waals surface area contributed by atoms with Crippen LogP contribution in [-0.2, 0) is 13.6 Å². The van der Waals surface area contributed by atoms with Gasteiger partial charge in [-0.2, -0.15) is 0 Å². The van der Waals surface area contributed by atoms with Crippen molar-refractivity contribution in [3.8, 4) is 17.0 Å². The van der Waals surface area contributed by atoms with E-state index in [2.05, 4.69) is 14.7 Å². The van der Waals surface area contributed by atoms with Crippen molar-refractivity contribution >= 4 is 5.91 Å². The number of ether oxygens (including phenoxy) is 1. The van der Waals surface area contributed by atoms with Crippen LogP contribution in [0.1, 0.15) is 35.3 Å². The fourth-order valence-electron chi connectivity index (χ4n) is 3.52. The number of imidazole rings is 1. The summed E-state index contributed by atoms with van der Waals surface area (Å²) in [7, 11) is 1.81. The summed E-state index contributed by atoms with van der Waals surface area (Å²) in [6.45, 7) is 0.369. The molecule has 0 saturated heterocycles. The van der Waals surface area contributed by atoms with Gasteiger partial charge in [0, 0.05) is 37.6 Å². The minimum Gasteiger partial charge on any atom is -0.406 e. The van der Waals surface area contributed by atoms with Crippen molar-refractivity contribution in [2.45, 2.75) is 38.2 Å². The predicted octanol–water partition coefficient (Wildman–Crippen LogP) is 4.58. The minimum atomic E-state index is -4.76. The number of amides is 1. The second-order valence-corrected chi connectivity index (χ2v) is 7.57. The van der Waals surface area contributed by atoms with E-state index >= 15 is 0 Å². The molecular weight excluding hydrogens is 409 g/mol. The van der Waals surface area contributed by atoms with E-state index < -0.39 is 6.36 Å². The number of hydrogen-bond donors (Lipinski definition) is 0. The predicted molar refractivity (Wildman–Crippen MR) is 107 cm³/mol. The Kier molecular flexibility index (Phi) is 5.67. The zero-order chi connectivity index (χ0) is 22.0. The summed E-state index contributed by atoms with van der Waals surface area (Å²) in [5, 5.41) is 0. The molecule has 2 heterocycles. The first-order valence-corrected chi connectivity index (χ1v) is 9.88. The molecule has 0 unspecified atom stereocenters. The highest BCUT2D eigenvalue weighted by atomic mass is 19.4. The van der Waals surface area contributed by atoms with Crippen molar-refractivity contribution in [2.75, 3.05) is 0 Å². The Morgan fingerprint density at radius 1 is 1.23 bits per heavy atom. The lowest BCUT2D eigenvalue weighted by Gasteiger charge is -2.37. The Labute approximate surface area is 177 Å². The smallest absolute Gasteiger partial charge is 0.406 e. The summed E-state index contributed by atoms with van der Waals surface area (Å²) >= 11 is 0. The van der Waals surface area contributed by atoms with Crippen LogP contribution in [0.5, 0.6) is 5.75 Å². The van der Waals surface area contributed by atoms with Gasteiger partial charge in [0.25, 0.3) is 5.91 Å². The molecule has 9 heteroatoms. The first-order chi connectivity index (χ1) is 14.8. The topological polar surface area (TPSA) is 60.2 Å². The van der Waals surface area contributed by atoms with E-state index in [1.54, 1.807) is 41.5 Å². The molecule has 1 amide bonds. The molecular formula is C22H21F3N4O2. The second-order valence-electron chi connectivity index (χ2n) is 7.57. The number of carbonyl (C=O) groups excluding carboxylic acids is 1. The summed E-state index contributed by atoms with van der Waals surface area (Å²) in [5.74, 6) is -0.442. The van der Waals surface area contributed by atoms with Crippen molar-refractivity contribution in [2.24, 2.45) is 7.05 Å². The SMILES string of the molecule is Cn1cnc(C(=O)N(Cc2ccnc(-c3cccc(OC(F)(F)F)c3)c2)C2CCC2)c1. The van der Waals surface area contributed by atoms with Crippen molar-refractivity contribution < 1.29 is 22.7 Å². The van der Waals surface area contributed by atoms with Gasteiger partial charge in [-0.3, -0.25) is 9.78 Å². The maximum absolute atomic E-state index is 13.0. The van der Waals surface area contributed by atoms with E-state index in [1.165, 1.54) is 18.2 Å². The number of halogens is 3. The minimum absolute atomic E-state index is 0.135. The Morgan fingerprint density at radius 3 is 2.68 bits per heavy atom. The van der Waals surface area contributed by atoms with Gasteiger partial charge in [0.2, 0.25) is 0 Å². The Hall–Kier alpha value is -3.36. The van der Waals surface area contributed by atoms with Crippen molar-refractivity contribution in [3.63, 3.8) is 0 Å². The highest BCUT2D eigenvalue weighted by Gasteiger charge is 2.32. The Balaban J connectivity index is 1.57. The molecule has 4 rings (SSSR count). The lowest BCUT2D eigenvalue weighted by molar-refractivity contribution is -0.274. The standard InChI is InChI=1S/C22H21F3N4O2/c1-28-13-20(27-14-28)21(30)29(17-5-3-6-17)12-15-8-9-26-19(10-15)16-4-2-7-18(11-16)31-22(23,24)25/h2,4,7-11,13-14,17H,3,5-6,12H2,1H3. The van der Waals surface area contributed by atoms with Gasteiger partial charge >= 0.3 is 6.36 Å². The van der Waals surface area contributed by atoms with Crippen LogP contribution in [0.3, 0.4) is 0 Å². The quantitative estimate of drug-likeness (QED) is 0.575. The van der Waals surface area contributed by atoms with E-state index in [1.807, 2.05) is 11.9 Å². The molecule has 0 aliphatic heterocycles. The zero-order valence-electron chi connectivity index (χ0n) is 16.8.